The van der Waals surface area contributed by atoms with Gasteiger partial charge in [-0.3, -0.25) is 0 Å². The summed E-state index contributed by atoms with van der Waals surface area (Å²) in [5.41, 5.74) is 2.32. The zero-order valence-electron chi connectivity index (χ0n) is 12.8. The number of hydrogen-bond donors (Lipinski definition) is 0. The number of rotatable bonds is 2. The van der Waals surface area contributed by atoms with Gasteiger partial charge < -0.3 is 4.90 Å². The zero-order valence-corrected chi connectivity index (χ0v) is 13.6. The van der Waals surface area contributed by atoms with E-state index in [1.807, 2.05) is 0 Å². The molecule has 3 heteroatoms. The monoisotopic (exact) mass is 308 g/mol. The van der Waals surface area contributed by atoms with Gasteiger partial charge in [0.1, 0.15) is 0 Å². The predicted octanol–water partition coefficient (Wildman–Crippen LogP) is 5.20. The van der Waals surface area contributed by atoms with Crippen molar-refractivity contribution in [2.75, 3.05) is 18.0 Å². The van der Waals surface area contributed by atoms with Gasteiger partial charge in [-0.1, -0.05) is 43.3 Å². The van der Waals surface area contributed by atoms with Crippen LogP contribution in [-0.4, -0.2) is 18.1 Å². The first-order valence-electron chi connectivity index (χ1n) is 7.99. The number of anilines is 1. The molecule has 112 valence electrons. The molecule has 0 amide bonds. The van der Waals surface area contributed by atoms with Crippen LogP contribution in [0.4, 0.5) is 5.13 Å². The molecule has 1 aliphatic heterocycles. The fraction of sp³-hybridized carbons (Fsp3) is 0.316. The van der Waals surface area contributed by atoms with Crippen molar-refractivity contribution in [3.63, 3.8) is 0 Å². The highest BCUT2D eigenvalue weighted by Gasteiger charge is 2.18. The van der Waals surface area contributed by atoms with Crippen LogP contribution in [0.5, 0.6) is 0 Å². The highest BCUT2D eigenvalue weighted by molar-refractivity contribution is 7.14. The molecule has 0 aliphatic carbocycles. The molecular formula is C19H20N2S. The van der Waals surface area contributed by atoms with E-state index in [4.69, 9.17) is 4.98 Å². The van der Waals surface area contributed by atoms with E-state index in [-0.39, 0.29) is 0 Å². The van der Waals surface area contributed by atoms with E-state index in [9.17, 15) is 0 Å². The lowest BCUT2D eigenvalue weighted by Gasteiger charge is -2.29. The Morgan fingerprint density at radius 2 is 1.82 bits per heavy atom. The maximum absolute atomic E-state index is 4.88. The van der Waals surface area contributed by atoms with Crippen LogP contribution in [-0.2, 0) is 0 Å². The van der Waals surface area contributed by atoms with Gasteiger partial charge in [0.15, 0.2) is 5.13 Å². The largest absolute Gasteiger partial charge is 0.348 e. The first-order valence-corrected chi connectivity index (χ1v) is 8.87. The number of hydrogen-bond acceptors (Lipinski definition) is 3. The number of thiazole rings is 1. The summed E-state index contributed by atoms with van der Waals surface area (Å²) in [4.78, 5) is 7.32. The minimum atomic E-state index is 0.858. The summed E-state index contributed by atoms with van der Waals surface area (Å²) in [6.07, 6.45) is 2.57. The summed E-state index contributed by atoms with van der Waals surface area (Å²) in [6.45, 7) is 4.64. The van der Waals surface area contributed by atoms with Gasteiger partial charge in [0.05, 0.1) is 5.69 Å². The second-order valence-corrected chi connectivity index (χ2v) is 7.08. The molecule has 1 fully saturated rings. The second-order valence-electron chi connectivity index (χ2n) is 6.25. The fourth-order valence-electron chi connectivity index (χ4n) is 3.09. The summed E-state index contributed by atoms with van der Waals surface area (Å²) in [7, 11) is 0. The molecule has 0 N–H and O–H groups in total. The third-order valence-corrected chi connectivity index (χ3v) is 5.49. The summed E-state index contributed by atoms with van der Waals surface area (Å²) in [6, 6.07) is 15.1. The fourth-order valence-corrected chi connectivity index (χ4v) is 3.98. The average molecular weight is 308 g/mol. The molecule has 1 saturated heterocycles. The lowest BCUT2D eigenvalue weighted by atomic mass is 10.00. The Bertz CT molecular complexity index is 785. The van der Waals surface area contributed by atoms with Crippen LogP contribution in [0.25, 0.3) is 22.0 Å². The molecule has 1 aromatic heterocycles. The quantitative estimate of drug-likeness (QED) is 0.647. The molecule has 4 rings (SSSR count). The van der Waals surface area contributed by atoms with E-state index < -0.39 is 0 Å². The molecule has 0 radical (unpaired) electrons. The molecular weight excluding hydrogens is 288 g/mol. The van der Waals surface area contributed by atoms with E-state index in [1.165, 1.54) is 34.3 Å². The Morgan fingerprint density at radius 3 is 2.64 bits per heavy atom. The molecule has 2 heterocycles. The topological polar surface area (TPSA) is 16.1 Å². The first kappa shape index (κ1) is 13.8. The van der Waals surface area contributed by atoms with E-state index in [2.05, 4.69) is 59.7 Å². The van der Waals surface area contributed by atoms with Crippen LogP contribution < -0.4 is 4.90 Å². The number of fused-ring (bicyclic) bond motifs is 1. The van der Waals surface area contributed by atoms with Crippen molar-refractivity contribution in [1.29, 1.82) is 0 Å². The van der Waals surface area contributed by atoms with E-state index >= 15 is 0 Å². The predicted molar refractivity (Wildman–Crippen MR) is 95.7 cm³/mol. The third kappa shape index (κ3) is 2.61. The Hall–Kier alpha value is -1.87. The number of piperidine rings is 1. The van der Waals surface area contributed by atoms with Gasteiger partial charge in [-0.15, -0.1) is 11.3 Å². The average Bonchev–Trinajstić information content (AvgIpc) is 3.05. The van der Waals surface area contributed by atoms with E-state index in [0.717, 1.165) is 24.7 Å². The molecule has 2 aromatic carbocycles. The van der Waals surface area contributed by atoms with Crippen LogP contribution in [0.15, 0.2) is 47.8 Å². The van der Waals surface area contributed by atoms with Crippen molar-refractivity contribution in [2.24, 2.45) is 5.92 Å². The zero-order chi connectivity index (χ0) is 14.9. The van der Waals surface area contributed by atoms with E-state index in [1.54, 1.807) is 11.3 Å². The Labute approximate surface area is 135 Å². The number of benzene rings is 2. The van der Waals surface area contributed by atoms with Gasteiger partial charge >= 0.3 is 0 Å². The third-order valence-electron chi connectivity index (χ3n) is 4.59. The van der Waals surface area contributed by atoms with Gasteiger partial charge in [0.25, 0.3) is 0 Å². The number of aromatic nitrogens is 1. The lowest BCUT2D eigenvalue weighted by molar-refractivity contribution is 0.438. The lowest BCUT2D eigenvalue weighted by Crippen LogP contribution is -2.32. The van der Waals surface area contributed by atoms with Gasteiger partial charge in [-0.2, -0.15) is 0 Å². The molecule has 0 spiro atoms. The van der Waals surface area contributed by atoms with Crippen molar-refractivity contribution >= 4 is 27.2 Å². The summed E-state index contributed by atoms with van der Waals surface area (Å²) in [5.74, 6) is 0.858. The SMILES string of the molecule is CC1CCN(c2nc(-c3ccc4ccccc4c3)cs2)CC1. The minimum absolute atomic E-state index is 0.858. The van der Waals surface area contributed by atoms with Crippen molar-refractivity contribution in [2.45, 2.75) is 19.8 Å². The maximum Gasteiger partial charge on any atom is 0.185 e. The summed E-state index contributed by atoms with van der Waals surface area (Å²) < 4.78 is 0. The molecule has 0 atom stereocenters. The Kier molecular flexibility index (Phi) is 3.59. The Balaban J connectivity index is 1.62. The van der Waals surface area contributed by atoms with Gasteiger partial charge in [0.2, 0.25) is 0 Å². The molecule has 0 unspecified atom stereocenters. The van der Waals surface area contributed by atoms with Crippen LogP contribution in [0, 0.1) is 5.92 Å². The van der Waals surface area contributed by atoms with Crippen LogP contribution in [0.2, 0.25) is 0 Å². The summed E-state index contributed by atoms with van der Waals surface area (Å²) in [5, 5.41) is 5.93. The highest BCUT2D eigenvalue weighted by Crippen LogP contribution is 2.31. The van der Waals surface area contributed by atoms with Gasteiger partial charge in [-0.25, -0.2) is 4.98 Å². The number of nitrogens with zero attached hydrogens (tertiary/aromatic N) is 2. The Morgan fingerprint density at radius 1 is 1.05 bits per heavy atom. The molecule has 3 aromatic rings. The van der Waals surface area contributed by atoms with Gasteiger partial charge in [-0.05, 0) is 35.6 Å². The van der Waals surface area contributed by atoms with Crippen molar-refractivity contribution < 1.29 is 0 Å². The van der Waals surface area contributed by atoms with E-state index in [0.29, 0.717) is 0 Å². The maximum atomic E-state index is 4.88. The molecule has 0 saturated carbocycles. The standard InChI is InChI=1S/C19H20N2S/c1-14-8-10-21(11-9-14)19-20-18(13-22-19)17-7-6-15-4-2-3-5-16(15)12-17/h2-7,12-14H,8-11H2,1H3. The van der Waals surface area contributed by atoms with Crippen LogP contribution in [0.3, 0.4) is 0 Å². The van der Waals surface area contributed by atoms with Crippen molar-refractivity contribution in [1.82, 2.24) is 4.98 Å². The van der Waals surface area contributed by atoms with Gasteiger partial charge in [0, 0.05) is 24.0 Å². The minimum Gasteiger partial charge on any atom is -0.348 e. The normalized spacial score (nSPS) is 16.3. The highest BCUT2D eigenvalue weighted by atomic mass is 32.1. The smallest absolute Gasteiger partial charge is 0.185 e. The van der Waals surface area contributed by atoms with Crippen molar-refractivity contribution in [3.05, 3.63) is 47.8 Å². The van der Waals surface area contributed by atoms with Crippen LogP contribution >= 0.6 is 11.3 Å². The second kappa shape index (κ2) is 5.73. The summed E-state index contributed by atoms with van der Waals surface area (Å²) >= 11 is 1.77. The molecule has 22 heavy (non-hydrogen) atoms. The molecule has 1 aliphatic rings. The van der Waals surface area contributed by atoms with Crippen molar-refractivity contribution in [3.8, 4) is 11.3 Å². The molecule has 0 bridgehead atoms. The molecule has 2 nitrogen and oxygen atoms in total. The van der Waals surface area contributed by atoms with Crippen LogP contribution in [0.1, 0.15) is 19.8 Å². The first-order chi connectivity index (χ1) is 10.8.